The van der Waals surface area contributed by atoms with Gasteiger partial charge in [-0.15, -0.1) is 0 Å². The first-order valence-corrected chi connectivity index (χ1v) is 46.4. The Morgan fingerprint density at radius 3 is 1.56 bits per heavy atom. The van der Waals surface area contributed by atoms with Crippen LogP contribution in [0, 0.1) is 17.8 Å². The number of rotatable bonds is 39. The smallest absolute Gasteiger partial charge is 0.245 e. The highest BCUT2D eigenvalue weighted by atomic mass is 33.1. The summed E-state index contributed by atoms with van der Waals surface area (Å²) >= 11 is 0. The van der Waals surface area contributed by atoms with E-state index in [2.05, 4.69) is 102 Å². The van der Waals surface area contributed by atoms with Crippen LogP contribution in [0.1, 0.15) is 110 Å². The number of aliphatic hydroxyl groups excluding tert-OH is 9. The van der Waals surface area contributed by atoms with Crippen molar-refractivity contribution in [2.45, 2.75) is 191 Å². The minimum atomic E-state index is -1.81. The maximum Gasteiger partial charge on any atom is 0.245 e. The number of aliphatic imine (C=N–C) groups is 13. The van der Waals surface area contributed by atoms with Gasteiger partial charge in [0.1, 0.15) is 97.9 Å². The predicted molar refractivity (Wildman–Crippen MR) is 510 cm³/mol. The number of hydrogen-bond donors (Lipinski definition) is 27. The second kappa shape index (κ2) is 58.3. The van der Waals surface area contributed by atoms with Crippen LogP contribution in [0.2, 0.25) is 0 Å². The summed E-state index contributed by atoms with van der Waals surface area (Å²) in [5.41, 5.74) is 56.5. The molecule has 0 saturated carbocycles. The second-order valence-corrected chi connectivity index (χ2v) is 35.9. The third-order valence-electron chi connectivity index (χ3n) is 18.7. The highest BCUT2D eigenvalue weighted by Gasteiger charge is 2.38. The van der Waals surface area contributed by atoms with Crippen LogP contribution in [0.5, 0.6) is 5.75 Å². The van der Waals surface area contributed by atoms with E-state index in [4.69, 9.17) is 57.3 Å². The fraction of sp³-hybridized carbons (Fsp3) is 0.577. The SMILES string of the molecule is CC(C)C[C@H](N=C(O)CN=C(O)CN=C(O)[C@@H](N)CCCN=C(N)N)C(O)=N[C@@H]1CSSC[C@H](C(O)=N[C@H](C(O)=NCC(O)=N[C@@H](CCCN=C(N)N)C(N)=O)C(C)C)NC(=O)[C@H](C(C)C)NC(=O)[C@@H]2CSSC[C@@H](NC(=O)[C@@H](Cc3ccc(O)cc3)N=C1O)C(=O)N[C@H](CCCN=C(N)N)C(=O)NCC(O)=N[C@H](CCCN=C(N)N)C(=O)N[C@H](Cc1ccccc1)C(=O)N2. The van der Waals surface area contributed by atoms with Gasteiger partial charge in [-0.2, -0.15) is 0 Å². The number of aromatic hydroxyl groups is 1. The van der Waals surface area contributed by atoms with E-state index >= 15 is 24.0 Å². The summed E-state index contributed by atoms with van der Waals surface area (Å²) in [6.07, 6.45) is -0.232. The number of nitrogens with one attached hydrogen (secondary N) is 7. The molecule has 13 atom stereocenters. The summed E-state index contributed by atoms with van der Waals surface area (Å²) in [6, 6.07) is -6.16. The molecular weight excluding hydrogens is 1770 g/mol. The Kier molecular flexibility index (Phi) is 49.3. The third-order valence-corrected chi connectivity index (χ3v) is 23.6. The van der Waals surface area contributed by atoms with E-state index in [0.29, 0.717) is 17.5 Å². The summed E-state index contributed by atoms with van der Waals surface area (Å²) in [5.74, 6) is -19.7. The summed E-state index contributed by atoms with van der Waals surface area (Å²) in [6.45, 7) is 7.12. The number of nitrogens with two attached hydrogens (primary N) is 10. The van der Waals surface area contributed by atoms with E-state index in [0.717, 1.165) is 43.2 Å². The van der Waals surface area contributed by atoms with Gasteiger partial charge in [0.25, 0.3) is 0 Å². The lowest BCUT2D eigenvalue weighted by atomic mass is 10.0. The molecular formula is C78H126N30O18S4. The Labute approximate surface area is 767 Å². The van der Waals surface area contributed by atoms with Gasteiger partial charge < -0.3 is 146 Å². The first kappa shape index (κ1) is 110. The molecule has 0 saturated heterocycles. The van der Waals surface area contributed by atoms with E-state index in [1.165, 1.54) is 24.3 Å². The van der Waals surface area contributed by atoms with Crippen LogP contribution in [0.25, 0.3) is 0 Å². The van der Waals surface area contributed by atoms with Crippen LogP contribution in [-0.2, 0) is 51.2 Å². The van der Waals surface area contributed by atoms with Crippen LogP contribution in [0.15, 0.2) is 119 Å². The van der Waals surface area contributed by atoms with Crippen molar-refractivity contribution in [3.05, 3.63) is 65.7 Å². The quantitative estimate of drug-likeness (QED) is 0.0152. The van der Waals surface area contributed by atoms with Crippen molar-refractivity contribution in [1.82, 2.24) is 37.2 Å². The molecule has 2 aliphatic heterocycles. The van der Waals surface area contributed by atoms with E-state index in [-0.39, 0.29) is 119 Å². The molecule has 0 unspecified atom stereocenters. The van der Waals surface area contributed by atoms with Crippen molar-refractivity contribution in [1.29, 1.82) is 0 Å². The van der Waals surface area contributed by atoms with Crippen molar-refractivity contribution in [3.63, 3.8) is 0 Å². The number of amides is 8. The number of guanidine groups is 4. The molecule has 8 amide bonds. The van der Waals surface area contributed by atoms with Crippen LogP contribution in [0.3, 0.4) is 0 Å². The normalized spacial score (nSPS) is 22.0. The molecule has 37 N–H and O–H groups in total. The van der Waals surface area contributed by atoms with Crippen LogP contribution >= 0.6 is 43.2 Å². The van der Waals surface area contributed by atoms with Crippen LogP contribution in [-0.4, -0.2) is 329 Å². The monoisotopic (exact) mass is 1900 g/mol. The first-order valence-electron chi connectivity index (χ1n) is 41.4. The number of phenols is 1. The summed E-state index contributed by atoms with van der Waals surface area (Å²) in [5, 5.41) is 133. The maximum absolute atomic E-state index is 15.5. The molecule has 2 aromatic carbocycles. The van der Waals surface area contributed by atoms with Crippen LogP contribution in [0.4, 0.5) is 0 Å². The minimum Gasteiger partial charge on any atom is -0.508 e. The standard InChI is InChI=1S/C78H126N30O18S4/c1-39(2)28-49(99-57(111)32-93-56(110)31-94-63(115)45(79)16-10-24-89-75(81)82)66(118)103-53-36-128-130-38-55(72(124)107-60(40(3)4)73(125)96-34-58(112)97-46(62(80)114)17-11-25-90-76(83)84)106-74(126)61(41(5)6)108-71(123)54-37-129-127-35-52(104-68(120)51(102-70(53)122)30-43-20-22-44(109)23-21-43)69(121)100-47(18-12-26-91-77(85)86)64(116)95-33-59(113)98-48(19-13-27-92-78(87)88)65(117)101-50(67(119)105-54)29-42-14-8-7-9-15-42/h7-9,14-15,20-23,39-41,45-55,60-61,109H,10-13,16-19,24-38,79H2,1-6H3,(H2,80,114)(H,93,110)(H,94,115)(H,95,116)(H,96,125)(H,97,112)(H,98,113)(H,99,111)(H,100,121)(H,101,117)(H,102,122)(H,103,118)(H,104,120)(H,105,119)(H,106,126)(H,107,124)(H,108,123)(H4,81,82,89)(H4,83,84,90)(H4,85,86,91)(H4,87,88,92)/t45-,46-,47+,48+,49-,50+,51+,52+,53+,54-,55+,60-,61-/m0/s1. The summed E-state index contributed by atoms with van der Waals surface area (Å²) < 4.78 is 0. The zero-order valence-electron chi connectivity index (χ0n) is 73.2. The van der Waals surface area contributed by atoms with Gasteiger partial charge in [0.05, 0.1) is 12.6 Å². The predicted octanol–water partition coefficient (Wildman–Crippen LogP) is -1.80. The Balaban J connectivity index is 2.12. The van der Waals surface area contributed by atoms with Gasteiger partial charge in [-0.05, 0) is 98.8 Å². The minimum absolute atomic E-state index is 0.00166. The van der Waals surface area contributed by atoms with Crippen molar-refractivity contribution >= 4 is 167 Å². The Hall–Kier alpha value is -12.3. The largest absolute Gasteiger partial charge is 0.508 e. The first-order chi connectivity index (χ1) is 61.5. The molecule has 4 rings (SSSR count). The van der Waals surface area contributed by atoms with Gasteiger partial charge in [0, 0.05) is 62.0 Å². The molecule has 0 aliphatic carbocycles. The zero-order valence-corrected chi connectivity index (χ0v) is 76.4. The molecule has 2 heterocycles. The lowest BCUT2D eigenvalue weighted by molar-refractivity contribution is -0.134. The number of hydrogen-bond acceptors (Lipinski definition) is 27. The lowest BCUT2D eigenvalue weighted by Crippen LogP contribution is -2.60. The molecule has 130 heavy (non-hydrogen) atoms. The molecule has 720 valence electrons. The van der Waals surface area contributed by atoms with Gasteiger partial charge in [-0.25, -0.2) is 44.9 Å². The van der Waals surface area contributed by atoms with Crippen molar-refractivity contribution in [2.75, 3.05) is 75.4 Å². The van der Waals surface area contributed by atoms with Crippen molar-refractivity contribution < 1.29 is 89.4 Å². The van der Waals surface area contributed by atoms with E-state index < -0.39 is 246 Å². The number of nitrogens with zero attached hydrogens (tertiary/aromatic N) is 13. The van der Waals surface area contributed by atoms with Crippen molar-refractivity contribution in [3.8, 4) is 5.75 Å². The molecule has 52 heteroatoms. The Bertz CT molecular complexity index is 4450. The number of carbonyl (C=O) groups excluding carboxylic acids is 8. The average molecular weight is 1900 g/mol. The summed E-state index contributed by atoms with van der Waals surface area (Å²) in [4.78, 5) is 172. The zero-order chi connectivity index (χ0) is 96.7. The molecule has 0 fully saturated rings. The number of phenolic OH excluding ortho intramolecular Hbond substituents is 1. The number of benzene rings is 2. The second-order valence-electron chi connectivity index (χ2n) is 30.8. The molecule has 2 aromatic rings. The third kappa shape index (κ3) is 43.2. The molecule has 0 radical (unpaired) electrons. The molecule has 48 nitrogen and oxygen atoms in total. The molecule has 2 aliphatic rings. The van der Waals surface area contributed by atoms with Gasteiger partial charge in [0.15, 0.2) is 29.7 Å². The fourth-order valence-electron chi connectivity index (χ4n) is 11.9. The van der Waals surface area contributed by atoms with Gasteiger partial charge in [-0.3, -0.25) is 58.3 Å². The topological polar surface area (TPSA) is 844 Å². The van der Waals surface area contributed by atoms with Gasteiger partial charge >= 0.3 is 0 Å². The molecule has 0 aromatic heterocycles. The average Bonchev–Trinajstić information content (AvgIpc) is 0.846. The number of aliphatic hydroxyl groups is 9. The number of carbonyl (C=O) groups is 8. The number of fused-ring (bicyclic) bond motifs is 5. The highest BCUT2D eigenvalue weighted by molar-refractivity contribution is 8.77. The maximum atomic E-state index is 15.5. The van der Waals surface area contributed by atoms with E-state index in [1.54, 1.807) is 71.9 Å². The highest BCUT2D eigenvalue weighted by Crippen LogP contribution is 2.28. The Morgan fingerprint density at radius 2 is 0.985 bits per heavy atom. The van der Waals surface area contributed by atoms with Crippen LogP contribution < -0.4 is 94.6 Å². The summed E-state index contributed by atoms with van der Waals surface area (Å²) in [7, 11) is 3.43. The molecule has 2 bridgehead atoms. The van der Waals surface area contributed by atoms with Gasteiger partial charge in [0.2, 0.25) is 94.4 Å². The fourth-order valence-corrected chi connectivity index (χ4v) is 16.5. The lowest BCUT2D eigenvalue weighted by Gasteiger charge is -2.28. The van der Waals surface area contributed by atoms with E-state index in [9.17, 15) is 65.4 Å². The Morgan fingerprint density at radius 1 is 0.477 bits per heavy atom. The molecule has 0 spiro atoms. The van der Waals surface area contributed by atoms with Crippen molar-refractivity contribution in [2.24, 2.45) is 140 Å². The van der Waals surface area contributed by atoms with E-state index in [1.807, 2.05) is 0 Å². The van der Waals surface area contributed by atoms with Gasteiger partial charge in [-0.1, -0.05) is 127 Å². The number of primary amides is 1.